The number of allylic oxidation sites excluding steroid dienone is 1. The van der Waals surface area contributed by atoms with Crippen molar-refractivity contribution in [3.8, 4) is 0 Å². The highest BCUT2D eigenvalue weighted by Gasteiger charge is 2.52. The van der Waals surface area contributed by atoms with Crippen molar-refractivity contribution in [3.63, 3.8) is 0 Å². The van der Waals surface area contributed by atoms with Gasteiger partial charge in [0, 0.05) is 24.1 Å². The number of rotatable bonds is 3. The van der Waals surface area contributed by atoms with Crippen LogP contribution in [0.25, 0.3) is 5.57 Å². The molecule has 3 heteroatoms. The fourth-order valence-electron chi connectivity index (χ4n) is 3.76. The van der Waals surface area contributed by atoms with Gasteiger partial charge in [0.2, 0.25) is 0 Å². The molecule has 1 atom stereocenters. The van der Waals surface area contributed by atoms with Gasteiger partial charge < -0.3 is 11.1 Å². The summed E-state index contributed by atoms with van der Waals surface area (Å²) < 4.78 is 0. The fraction of sp³-hybridized carbons (Fsp3) is 0.421. The quantitative estimate of drug-likeness (QED) is 0.512. The molecule has 1 aliphatic heterocycles. The minimum Gasteiger partial charge on any atom is -0.327 e. The normalized spacial score (nSPS) is 27.8. The van der Waals surface area contributed by atoms with Crippen molar-refractivity contribution in [1.29, 1.82) is 0 Å². The maximum atomic E-state index is 11.4. The lowest BCUT2D eigenvalue weighted by Gasteiger charge is -2.40. The molecule has 2 aliphatic rings. The third-order valence-corrected chi connectivity index (χ3v) is 5.04. The van der Waals surface area contributed by atoms with Gasteiger partial charge in [-0.2, -0.15) is 0 Å². The third kappa shape index (κ3) is 2.34. The van der Waals surface area contributed by atoms with Gasteiger partial charge in [-0.15, -0.1) is 0 Å². The van der Waals surface area contributed by atoms with Gasteiger partial charge in [0.05, 0.1) is 5.54 Å². The van der Waals surface area contributed by atoms with Crippen LogP contribution in [0.5, 0.6) is 0 Å². The summed E-state index contributed by atoms with van der Waals surface area (Å²) in [5.41, 5.74) is 10.5. The van der Waals surface area contributed by atoms with Crippen molar-refractivity contribution in [2.45, 2.75) is 32.7 Å². The monoisotopic (exact) mass is 296 g/mol. The van der Waals surface area contributed by atoms with E-state index in [1.54, 1.807) is 6.92 Å². The molecule has 0 radical (unpaired) electrons. The van der Waals surface area contributed by atoms with Gasteiger partial charge in [-0.05, 0) is 30.1 Å². The van der Waals surface area contributed by atoms with E-state index in [1.807, 2.05) is 12.1 Å². The first-order chi connectivity index (χ1) is 10.4. The van der Waals surface area contributed by atoms with Crippen molar-refractivity contribution in [1.82, 2.24) is 5.32 Å². The highest BCUT2D eigenvalue weighted by atomic mass is 16.1. The molecule has 1 aromatic carbocycles. The number of nitrogens with two attached hydrogens (primary N) is 1. The second-order valence-electron chi connectivity index (χ2n) is 6.87. The number of carbonyl (C=O) groups excluding carboxylic acids is 1. The lowest BCUT2D eigenvalue weighted by atomic mass is 9.65. The molecule has 1 fully saturated rings. The molecule has 1 heterocycles. The number of hydrogen-bond acceptors (Lipinski definition) is 3. The van der Waals surface area contributed by atoms with Gasteiger partial charge in [0.25, 0.3) is 0 Å². The van der Waals surface area contributed by atoms with Gasteiger partial charge in [0.15, 0.2) is 5.78 Å². The molecule has 1 aliphatic carbocycles. The molecule has 3 N–H and O–H groups in total. The van der Waals surface area contributed by atoms with E-state index in [-0.39, 0.29) is 16.7 Å². The van der Waals surface area contributed by atoms with E-state index in [2.05, 4.69) is 43.4 Å². The Kier molecular flexibility index (Phi) is 3.58. The molecule has 0 bridgehead atoms. The molecule has 1 unspecified atom stereocenters. The minimum absolute atomic E-state index is 0.0567. The Morgan fingerprint density at radius 1 is 1.32 bits per heavy atom. The highest BCUT2D eigenvalue weighted by molar-refractivity contribution is 5.94. The molecule has 1 saturated heterocycles. The van der Waals surface area contributed by atoms with Crippen LogP contribution >= 0.6 is 0 Å². The van der Waals surface area contributed by atoms with Crippen LogP contribution < -0.4 is 11.1 Å². The zero-order chi connectivity index (χ0) is 16.0. The predicted octanol–water partition coefficient (Wildman–Crippen LogP) is 2.93. The molecule has 0 aromatic heterocycles. The van der Waals surface area contributed by atoms with Crippen molar-refractivity contribution in [2.24, 2.45) is 11.1 Å². The molecule has 1 aromatic rings. The van der Waals surface area contributed by atoms with Crippen molar-refractivity contribution >= 4 is 11.4 Å². The highest BCUT2D eigenvalue weighted by Crippen LogP contribution is 2.53. The SMILES string of the molecule is CC(=O)c1ccc(C2=CCC3(CN3)/C(=C\CN)C2(C)C)cc1. The maximum Gasteiger partial charge on any atom is 0.159 e. The molecular weight excluding hydrogens is 272 g/mol. The average Bonchev–Trinajstić information content (AvgIpc) is 3.24. The summed E-state index contributed by atoms with van der Waals surface area (Å²) in [4.78, 5) is 11.4. The van der Waals surface area contributed by atoms with Gasteiger partial charge in [-0.1, -0.05) is 50.3 Å². The van der Waals surface area contributed by atoms with Crippen LogP contribution in [-0.2, 0) is 0 Å². The predicted molar refractivity (Wildman–Crippen MR) is 90.7 cm³/mol. The fourth-order valence-corrected chi connectivity index (χ4v) is 3.76. The second kappa shape index (κ2) is 5.18. The summed E-state index contributed by atoms with van der Waals surface area (Å²) in [6.07, 6.45) is 5.53. The second-order valence-corrected chi connectivity index (χ2v) is 6.87. The Balaban J connectivity index is 2.01. The van der Waals surface area contributed by atoms with Crippen LogP contribution in [0, 0.1) is 5.41 Å². The van der Waals surface area contributed by atoms with Gasteiger partial charge in [-0.25, -0.2) is 0 Å². The zero-order valence-electron chi connectivity index (χ0n) is 13.6. The summed E-state index contributed by atoms with van der Waals surface area (Å²) in [7, 11) is 0. The van der Waals surface area contributed by atoms with Crippen LogP contribution in [0.3, 0.4) is 0 Å². The third-order valence-electron chi connectivity index (χ3n) is 5.04. The average molecular weight is 296 g/mol. The number of hydrogen-bond donors (Lipinski definition) is 2. The maximum absolute atomic E-state index is 11.4. The molecule has 0 saturated carbocycles. The first kappa shape index (κ1) is 15.2. The van der Waals surface area contributed by atoms with Crippen LogP contribution in [0.2, 0.25) is 0 Å². The Hall–Kier alpha value is -1.71. The Labute approximate surface area is 132 Å². The van der Waals surface area contributed by atoms with E-state index in [0.717, 1.165) is 18.5 Å². The summed E-state index contributed by atoms with van der Waals surface area (Å²) in [6.45, 7) is 7.73. The van der Waals surface area contributed by atoms with Crippen LogP contribution in [-0.4, -0.2) is 24.4 Å². The van der Waals surface area contributed by atoms with Gasteiger partial charge >= 0.3 is 0 Å². The van der Waals surface area contributed by atoms with E-state index in [0.29, 0.717) is 6.54 Å². The Morgan fingerprint density at radius 3 is 2.45 bits per heavy atom. The number of carbonyl (C=O) groups is 1. The summed E-state index contributed by atoms with van der Waals surface area (Å²) in [5.74, 6) is 0.105. The van der Waals surface area contributed by atoms with E-state index in [1.165, 1.54) is 16.7 Å². The lowest BCUT2D eigenvalue weighted by molar-refractivity contribution is 0.101. The minimum atomic E-state index is -0.0567. The van der Waals surface area contributed by atoms with E-state index in [4.69, 9.17) is 5.73 Å². The van der Waals surface area contributed by atoms with Crippen molar-refractivity contribution < 1.29 is 4.79 Å². The van der Waals surface area contributed by atoms with E-state index >= 15 is 0 Å². The Bertz CT molecular complexity index is 661. The number of benzene rings is 1. The largest absolute Gasteiger partial charge is 0.327 e. The molecule has 0 amide bonds. The zero-order valence-corrected chi connectivity index (χ0v) is 13.6. The molecular formula is C19H24N2O. The standard InChI is InChI=1S/C19H24N2O/c1-13(22)14-4-6-15(7-5-14)16-8-10-19(12-21-19)17(9-11-20)18(16,2)3/h4-9,21H,10-12,20H2,1-3H3/b17-9-. The Morgan fingerprint density at radius 2 is 1.95 bits per heavy atom. The lowest BCUT2D eigenvalue weighted by Crippen LogP contribution is -2.35. The molecule has 116 valence electrons. The number of Topliss-reactive ketones (excluding diaryl/α,β-unsaturated/α-hetero) is 1. The molecule has 3 rings (SSSR count). The molecule has 3 nitrogen and oxygen atoms in total. The summed E-state index contributed by atoms with van der Waals surface area (Å²) >= 11 is 0. The van der Waals surface area contributed by atoms with Gasteiger partial charge in [0.1, 0.15) is 0 Å². The molecule has 1 spiro atoms. The number of ketones is 1. The van der Waals surface area contributed by atoms with E-state index < -0.39 is 0 Å². The van der Waals surface area contributed by atoms with Gasteiger partial charge in [-0.3, -0.25) is 4.79 Å². The number of nitrogens with one attached hydrogen (secondary N) is 1. The summed E-state index contributed by atoms with van der Waals surface area (Å²) in [6, 6.07) is 7.95. The smallest absolute Gasteiger partial charge is 0.159 e. The summed E-state index contributed by atoms with van der Waals surface area (Å²) in [5, 5.41) is 3.52. The van der Waals surface area contributed by atoms with Crippen LogP contribution in [0.4, 0.5) is 0 Å². The van der Waals surface area contributed by atoms with E-state index in [9.17, 15) is 4.79 Å². The van der Waals surface area contributed by atoms with Crippen molar-refractivity contribution in [2.75, 3.05) is 13.1 Å². The first-order valence-corrected chi connectivity index (χ1v) is 7.89. The van der Waals surface area contributed by atoms with Crippen LogP contribution in [0.1, 0.15) is 43.1 Å². The van der Waals surface area contributed by atoms with Crippen LogP contribution in [0.15, 0.2) is 42.0 Å². The first-order valence-electron chi connectivity index (χ1n) is 7.89. The van der Waals surface area contributed by atoms with Crippen molar-refractivity contribution in [3.05, 3.63) is 53.1 Å². The topological polar surface area (TPSA) is 65.0 Å². The molecule has 22 heavy (non-hydrogen) atoms.